The van der Waals surface area contributed by atoms with E-state index in [1.807, 2.05) is 6.92 Å². The molecule has 1 aromatic rings. The molecule has 1 aliphatic heterocycles. The number of likely N-dealkylation sites (tertiary alicyclic amines) is 1. The molecule has 1 aliphatic rings. The summed E-state index contributed by atoms with van der Waals surface area (Å²) < 4.78 is 26.6. The second kappa shape index (κ2) is 6.98. The molecular weight excluding hydrogens is 274 g/mol. The monoisotopic (exact) mass is 296 g/mol. The second-order valence-corrected chi connectivity index (χ2v) is 5.84. The van der Waals surface area contributed by atoms with Gasteiger partial charge in [-0.05, 0) is 55.9 Å². The van der Waals surface area contributed by atoms with Crippen LogP contribution in [0.15, 0.2) is 18.2 Å². The van der Waals surface area contributed by atoms with Crippen molar-refractivity contribution in [3.05, 3.63) is 35.4 Å². The van der Waals surface area contributed by atoms with Gasteiger partial charge in [-0.3, -0.25) is 4.79 Å². The molecule has 1 aromatic carbocycles. The van der Waals surface area contributed by atoms with E-state index >= 15 is 0 Å². The molecular formula is C16H22F2N2O. The van der Waals surface area contributed by atoms with Crippen LogP contribution in [0.1, 0.15) is 31.7 Å². The lowest BCUT2D eigenvalue weighted by atomic mass is 9.92. The smallest absolute Gasteiger partial charge is 0.222 e. The average molecular weight is 296 g/mol. The van der Waals surface area contributed by atoms with Gasteiger partial charge in [0.15, 0.2) is 0 Å². The van der Waals surface area contributed by atoms with Crippen molar-refractivity contribution in [1.29, 1.82) is 0 Å². The number of nitrogens with two attached hydrogens (primary N) is 1. The zero-order valence-electron chi connectivity index (χ0n) is 12.3. The van der Waals surface area contributed by atoms with Crippen molar-refractivity contribution in [2.75, 3.05) is 13.1 Å². The minimum absolute atomic E-state index is 0.0102. The van der Waals surface area contributed by atoms with E-state index in [1.54, 1.807) is 4.90 Å². The lowest BCUT2D eigenvalue weighted by molar-refractivity contribution is -0.133. The van der Waals surface area contributed by atoms with Crippen LogP contribution in [-0.4, -0.2) is 29.9 Å². The number of amides is 1. The van der Waals surface area contributed by atoms with E-state index < -0.39 is 11.6 Å². The molecule has 0 aromatic heterocycles. The highest BCUT2D eigenvalue weighted by atomic mass is 19.1. The topological polar surface area (TPSA) is 46.3 Å². The van der Waals surface area contributed by atoms with Gasteiger partial charge in [0, 0.05) is 25.6 Å². The molecule has 2 unspecified atom stereocenters. The fourth-order valence-corrected chi connectivity index (χ4v) is 2.80. The van der Waals surface area contributed by atoms with E-state index in [-0.39, 0.29) is 30.4 Å². The maximum atomic E-state index is 13.5. The fraction of sp³-hybridized carbons (Fsp3) is 0.562. The number of rotatable bonds is 4. The van der Waals surface area contributed by atoms with E-state index in [0.29, 0.717) is 12.5 Å². The van der Waals surface area contributed by atoms with Crippen LogP contribution < -0.4 is 5.73 Å². The molecule has 0 bridgehead atoms. The summed E-state index contributed by atoms with van der Waals surface area (Å²) in [5.74, 6) is -0.622. The standard InChI is InChI=1S/C16H22F2N2O/c1-11(19)13-3-2-8-20(10-13)16(21)7-4-12-9-14(17)5-6-15(12)18/h5-6,9,11,13H,2-4,7-8,10,19H2,1H3. The molecule has 1 heterocycles. The summed E-state index contributed by atoms with van der Waals surface area (Å²) in [5, 5.41) is 0. The number of benzene rings is 1. The van der Waals surface area contributed by atoms with Gasteiger partial charge >= 0.3 is 0 Å². The minimum atomic E-state index is -0.478. The first-order valence-corrected chi connectivity index (χ1v) is 7.44. The molecule has 0 radical (unpaired) electrons. The zero-order chi connectivity index (χ0) is 15.4. The molecule has 1 fully saturated rings. The number of carbonyl (C=O) groups is 1. The van der Waals surface area contributed by atoms with Crippen molar-refractivity contribution in [3.63, 3.8) is 0 Å². The first-order chi connectivity index (χ1) is 9.97. The SMILES string of the molecule is CC(N)C1CCCN(C(=O)CCc2cc(F)ccc2F)C1. The Balaban J connectivity index is 1.91. The number of halogens is 2. The van der Waals surface area contributed by atoms with Gasteiger partial charge in [0.2, 0.25) is 5.91 Å². The molecule has 1 amide bonds. The summed E-state index contributed by atoms with van der Waals surface area (Å²) in [6.45, 7) is 3.36. The van der Waals surface area contributed by atoms with Crippen LogP contribution >= 0.6 is 0 Å². The molecule has 1 saturated heterocycles. The fourth-order valence-electron chi connectivity index (χ4n) is 2.80. The van der Waals surface area contributed by atoms with Crippen LogP contribution in [0.2, 0.25) is 0 Å². The average Bonchev–Trinajstić information content (AvgIpc) is 2.48. The van der Waals surface area contributed by atoms with Crippen LogP contribution in [0.4, 0.5) is 8.78 Å². The summed E-state index contributed by atoms with van der Waals surface area (Å²) in [7, 11) is 0. The Kier molecular flexibility index (Phi) is 5.28. The quantitative estimate of drug-likeness (QED) is 0.928. The van der Waals surface area contributed by atoms with Crippen LogP contribution in [0.3, 0.4) is 0 Å². The van der Waals surface area contributed by atoms with Gasteiger partial charge in [-0.2, -0.15) is 0 Å². The van der Waals surface area contributed by atoms with Gasteiger partial charge in [-0.1, -0.05) is 0 Å². The molecule has 5 heteroatoms. The Bertz CT molecular complexity index is 505. The van der Waals surface area contributed by atoms with Crippen LogP contribution in [0, 0.1) is 17.6 Å². The summed E-state index contributed by atoms with van der Waals surface area (Å²) >= 11 is 0. The van der Waals surface area contributed by atoms with Gasteiger partial charge in [0.25, 0.3) is 0 Å². The van der Waals surface area contributed by atoms with Crippen LogP contribution in [0.5, 0.6) is 0 Å². The molecule has 2 atom stereocenters. The summed E-state index contributed by atoms with van der Waals surface area (Å²) in [5.41, 5.74) is 6.16. The molecule has 21 heavy (non-hydrogen) atoms. The van der Waals surface area contributed by atoms with E-state index in [1.165, 1.54) is 0 Å². The van der Waals surface area contributed by atoms with Gasteiger partial charge in [-0.25, -0.2) is 8.78 Å². The molecule has 2 N–H and O–H groups in total. The van der Waals surface area contributed by atoms with Crippen molar-refractivity contribution in [3.8, 4) is 0 Å². The Labute approximate surface area is 124 Å². The summed E-state index contributed by atoms with van der Waals surface area (Å²) in [6.07, 6.45) is 2.42. The van der Waals surface area contributed by atoms with Gasteiger partial charge in [-0.15, -0.1) is 0 Å². The predicted molar refractivity (Wildman–Crippen MR) is 77.6 cm³/mol. The number of aryl methyl sites for hydroxylation is 1. The zero-order valence-corrected chi connectivity index (χ0v) is 12.3. The Morgan fingerprint density at radius 3 is 2.95 bits per heavy atom. The minimum Gasteiger partial charge on any atom is -0.342 e. The Hall–Kier alpha value is -1.49. The van der Waals surface area contributed by atoms with Gasteiger partial charge in [0.05, 0.1) is 0 Å². The lowest BCUT2D eigenvalue weighted by Gasteiger charge is -2.34. The summed E-state index contributed by atoms with van der Waals surface area (Å²) in [4.78, 5) is 14.0. The van der Waals surface area contributed by atoms with E-state index in [2.05, 4.69) is 0 Å². The number of nitrogens with zero attached hydrogens (tertiary/aromatic N) is 1. The maximum Gasteiger partial charge on any atom is 0.222 e. The largest absolute Gasteiger partial charge is 0.342 e. The maximum absolute atomic E-state index is 13.5. The molecule has 2 rings (SSSR count). The molecule has 3 nitrogen and oxygen atoms in total. The highest BCUT2D eigenvalue weighted by Gasteiger charge is 2.25. The number of hydrogen-bond acceptors (Lipinski definition) is 2. The third-order valence-electron chi connectivity index (χ3n) is 4.17. The normalized spacial score (nSPS) is 20.4. The number of hydrogen-bond donors (Lipinski definition) is 1. The van der Waals surface area contributed by atoms with E-state index in [0.717, 1.165) is 37.6 Å². The van der Waals surface area contributed by atoms with E-state index in [4.69, 9.17) is 5.73 Å². The first kappa shape index (κ1) is 15.9. The molecule has 0 saturated carbocycles. The molecule has 116 valence electrons. The van der Waals surface area contributed by atoms with Crippen molar-refractivity contribution in [2.24, 2.45) is 11.7 Å². The van der Waals surface area contributed by atoms with Crippen LogP contribution in [0.25, 0.3) is 0 Å². The second-order valence-electron chi connectivity index (χ2n) is 5.84. The van der Waals surface area contributed by atoms with Crippen LogP contribution in [-0.2, 0) is 11.2 Å². The van der Waals surface area contributed by atoms with E-state index in [9.17, 15) is 13.6 Å². The van der Waals surface area contributed by atoms with Gasteiger partial charge in [0.1, 0.15) is 11.6 Å². The Morgan fingerprint density at radius 1 is 1.48 bits per heavy atom. The number of carbonyl (C=O) groups excluding carboxylic acids is 1. The summed E-state index contributed by atoms with van der Waals surface area (Å²) in [6, 6.07) is 3.41. The lowest BCUT2D eigenvalue weighted by Crippen LogP contribution is -2.45. The number of piperidine rings is 1. The molecule has 0 aliphatic carbocycles. The molecule has 0 spiro atoms. The third kappa shape index (κ3) is 4.24. The highest BCUT2D eigenvalue weighted by Crippen LogP contribution is 2.20. The highest BCUT2D eigenvalue weighted by molar-refractivity contribution is 5.76. The van der Waals surface area contributed by atoms with Gasteiger partial charge < -0.3 is 10.6 Å². The predicted octanol–water partition coefficient (Wildman–Crippen LogP) is 2.48. The van der Waals surface area contributed by atoms with Crippen molar-refractivity contribution in [1.82, 2.24) is 4.90 Å². The Morgan fingerprint density at radius 2 is 2.24 bits per heavy atom. The third-order valence-corrected chi connectivity index (χ3v) is 4.17. The van der Waals surface area contributed by atoms with Crippen molar-refractivity contribution in [2.45, 2.75) is 38.6 Å². The van der Waals surface area contributed by atoms with Crippen molar-refractivity contribution >= 4 is 5.91 Å². The first-order valence-electron chi connectivity index (χ1n) is 7.44. The van der Waals surface area contributed by atoms with Crippen molar-refractivity contribution < 1.29 is 13.6 Å².